The van der Waals surface area contributed by atoms with Gasteiger partial charge in [-0.1, -0.05) is 42.5 Å². The van der Waals surface area contributed by atoms with Gasteiger partial charge in [0.1, 0.15) is 6.54 Å². The van der Waals surface area contributed by atoms with E-state index in [9.17, 15) is 29.3 Å². The third-order valence-corrected chi connectivity index (χ3v) is 5.00. The molecule has 1 heterocycles. The molecule has 0 aliphatic rings. The van der Waals surface area contributed by atoms with E-state index in [1.807, 2.05) is 0 Å². The summed E-state index contributed by atoms with van der Waals surface area (Å²) >= 11 is 0. The van der Waals surface area contributed by atoms with Crippen LogP contribution in [0.2, 0.25) is 0 Å². The molecule has 0 spiro atoms. The van der Waals surface area contributed by atoms with E-state index in [4.69, 9.17) is 9.15 Å². The van der Waals surface area contributed by atoms with Gasteiger partial charge in [-0.25, -0.2) is 4.79 Å². The van der Waals surface area contributed by atoms with Crippen molar-refractivity contribution in [3.63, 3.8) is 0 Å². The Kier molecular flexibility index (Phi) is 6.49. The highest BCUT2D eigenvalue weighted by Crippen LogP contribution is 2.21. The Hall–Kier alpha value is -5.06. The van der Waals surface area contributed by atoms with E-state index in [-0.39, 0.29) is 33.8 Å². The minimum atomic E-state index is -0.907. The van der Waals surface area contributed by atoms with Gasteiger partial charge in [-0.05, 0) is 18.2 Å². The number of nitro groups is 1. The molecule has 0 aliphatic carbocycles. The van der Waals surface area contributed by atoms with Crippen molar-refractivity contribution in [2.75, 3.05) is 11.9 Å². The minimum Gasteiger partial charge on any atom is -0.454 e. The number of para-hydroxylation sites is 1. The predicted molar refractivity (Wildman–Crippen MR) is 123 cm³/mol. The average Bonchev–Trinajstić information content (AvgIpc) is 3.17. The van der Waals surface area contributed by atoms with Crippen molar-refractivity contribution in [2.24, 2.45) is 0 Å². The summed E-state index contributed by atoms with van der Waals surface area (Å²) < 4.78 is 10.8. The lowest BCUT2D eigenvalue weighted by Gasteiger charge is -2.11. The maximum absolute atomic E-state index is 12.8. The van der Waals surface area contributed by atoms with E-state index in [1.165, 1.54) is 12.1 Å². The summed E-state index contributed by atoms with van der Waals surface area (Å²) in [7, 11) is 0. The molecule has 0 atom stereocenters. The maximum atomic E-state index is 12.8. The van der Waals surface area contributed by atoms with E-state index in [0.717, 1.165) is 10.6 Å². The number of benzene rings is 3. The van der Waals surface area contributed by atoms with Crippen LogP contribution in [0.15, 0.2) is 82.0 Å². The molecule has 35 heavy (non-hydrogen) atoms. The molecule has 0 saturated carbocycles. The number of nitrogens with one attached hydrogen (secondary N) is 1. The molecule has 0 fully saturated rings. The number of anilines is 1. The topological polar surface area (TPSA) is 151 Å². The van der Waals surface area contributed by atoms with E-state index < -0.39 is 35.7 Å². The van der Waals surface area contributed by atoms with Crippen LogP contribution in [0.4, 0.5) is 11.4 Å². The van der Waals surface area contributed by atoms with Crippen LogP contribution in [-0.4, -0.2) is 33.8 Å². The van der Waals surface area contributed by atoms with Gasteiger partial charge in [-0.2, -0.15) is 0 Å². The van der Waals surface area contributed by atoms with E-state index in [0.29, 0.717) is 5.56 Å². The fourth-order valence-electron chi connectivity index (χ4n) is 3.36. The van der Waals surface area contributed by atoms with Gasteiger partial charge >= 0.3 is 11.7 Å². The zero-order valence-electron chi connectivity index (χ0n) is 18.0. The largest absolute Gasteiger partial charge is 0.454 e. The summed E-state index contributed by atoms with van der Waals surface area (Å²) in [5.74, 6) is -2.79. The lowest BCUT2D eigenvalue weighted by molar-refractivity contribution is -0.384. The van der Waals surface area contributed by atoms with Gasteiger partial charge in [0.15, 0.2) is 18.0 Å². The molecule has 1 amide bonds. The Morgan fingerprint density at radius 2 is 1.71 bits per heavy atom. The molecule has 4 rings (SSSR count). The zero-order chi connectivity index (χ0) is 24.9. The van der Waals surface area contributed by atoms with Crippen molar-refractivity contribution in [1.82, 2.24) is 4.57 Å². The molecule has 0 radical (unpaired) electrons. The van der Waals surface area contributed by atoms with Gasteiger partial charge in [-0.15, -0.1) is 0 Å². The molecule has 4 aromatic rings. The van der Waals surface area contributed by atoms with Crippen LogP contribution >= 0.6 is 0 Å². The Labute approximate surface area is 196 Å². The first kappa shape index (κ1) is 23.1. The average molecular weight is 475 g/mol. The summed E-state index contributed by atoms with van der Waals surface area (Å²) in [5.41, 5.74) is 0.794. The molecule has 0 saturated heterocycles. The highest BCUT2D eigenvalue weighted by atomic mass is 16.6. The summed E-state index contributed by atoms with van der Waals surface area (Å²) in [6.07, 6.45) is 0. The van der Waals surface area contributed by atoms with Gasteiger partial charge in [0, 0.05) is 17.2 Å². The third-order valence-electron chi connectivity index (χ3n) is 5.00. The van der Waals surface area contributed by atoms with Crippen LogP contribution in [0.1, 0.15) is 15.9 Å². The summed E-state index contributed by atoms with van der Waals surface area (Å²) in [4.78, 5) is 59.7. The van der Waals surface area contributed by atoms with Crippen molar-refractivity contribution in [3.8, 4) is 0 Å². The highest BCUT2D eigenvalue weighted by Gasteiger charge is 2.19. The van der Waals surface area contributed by atoms with Crippen LogP contribution < -0.4 is 11.1 Å². The monoisotopic (exact) mass is 475 g/mol. The number of hydrogen-bond donors (Lipinski definition) is 1. The zero-order valence-corrected chi connectivity index (χ0v) is 18.0. The number of fused-ring (bicyclic) bond motifs is 1. The van der Waals surface area contributed by atoms with E-state index >= 15 is 0 Å². The number of ether oxygens (including phenoxy) is 1. The van der Waals surface area contributed by atoms with Crippen molar-refractivity contribution >= 4 is 40.1 Å². The smallest absolute Gasteiger partial charge is 0.420 e. The van der Waals surface area contributed by atoms with Crippen LogP contribution in [0, 0.1) is 10.1 Å². The molecular weight excluding hydrogens is 458 g/mol. The first-order valence-corrected chi connectivity index (χ1v) is 10.3. The normalized spacial score (nSPS) is 10.6. The molecule has 1 N–H and O–H groups in total. The Morgan fingerprint density at radius 1 is 1.00 bits per heavy atom. The number of ketones is 1. The van der Waals surface area contributed by atoms with Crippen molar-refractivity contribution < 1.29 is 28.5 Å². The van der Waals surface area contributed by atoms with Crippen LogP contribution in [0.25, 0.3) is 11.1 Å². The fourth-order valence-corrected chi connectivity index (χ4v) is 3.36. The second-order valence-electron chi connectivity index (χ2n) is 7.31. The minimum absolute atomic E-state index is 0.0607. The Balaban J connectivity index is 1.40. The highest BCUT2D eigenvalue weighted by molar-refractivity contribution is 6.13. The number of nitrogens with zero attached hydrogens (tertiary/aromatic N) is 2. The molecule has 3 aromatic carbocycles. The number of esters is 1. The predicted octanol–water partition coefficient (Wildman–Crippen LogP) is 2.92. The summed E-state index contributed by atoms with van der Waals surface area (Å²) in [6.45, 7) is -1.23. The quantitative estimate of drug-likeness (QED) is 0.177. The number of hydrogen-bond acceptors (Lipinski definition) is 8. The number of carbonyl (C=O) groups is 3. The second-order valence-corrected chi connectivity index (χ2v) is 7.31. The number of nitro benzene ring substituents is 1. The molecule has 1 aromatic heterocycles. The van der Waals surface area contributed by atoms with Crippen molar-refractivity contribution in [1.29, 1.82) is 0 Å². The lowest BCUT2D eigenvalue weighted by atomic mass is 10.0. The molecule has 0 bridgehead atoms. The maximum Gasteiger partial charge on any atom is 0.420 e. The number of oxazole rings is 1. The molecule has 0 unspecified atom stereocenters. The number of aromatic nitrogens is 1. The van der Waals surface area contributed by atoms with Crippen molar-refractivity contribution in [3.05, 3.63) is 105 Å². The first-order valence-electron chi connectivity index (χ1n) is 10.3. The number of amides is 1. The molecule has 0 aliphatic heterocycles. The van der Waals surface area contributed by atoms with Crippen LogP contribution in [-0.2, 0) is 20.9 Å². The number of carbonyl (C=O) groups excluding carboxylic acids is 3. The Bertz CT molecular complexity index is 1500. The molecular formula is C24H17N3O8. The number of non-ortho nitro benzene ring substituents is 1. The van der Waals surface area contributed by atoms with Crippen LogP contribution in [0.5, 0.6) is 0 Å². The van der Waals surface area contributed by atoms with Gasteiger partial charge < -0.3 is 14.5 Å². The SMILES string of the molecule is O=C(COC(=O)Cn1c(=O)oc2cc([N+](=O)[O-])ccc21)Nc1ccccc1C(=O)c1ccccc1. The second kappa shape index (κ2) is 9.83. The summed E-state index contributed by atoms with van der Waals surface area (Å²) in [6, 6.07) is 18.5. The third kappa shape index (κ3) is 5.14. The molecule has 11 nitrogen and oxygen atoms in total. The lowest BCUT2D eigenvalue weighted by Crippen LogP contribution is -2.26. The van der Waals surface area contributed by atoms with Crippen LogP contribution in [0.3, 0.4) is 0 Å². The Morgan fingerprint density at radius 3 is 2.46 bits per heavy atom. The van der Waals surface area contributed by atoms with Gasteiger partial charge in [-0.3, -0.25) is 29.1 Å². The standard InChI is InChI=1S/C24H17N3O8/c28-21(25-18-9-5-4-8-17(18)23(30)15-6-2-1-3-7-15)14-34-22(29)13-26-19-11-10-16(27(32)33)12-20(19)35-24(26)31/h1-12H,13-14H2,(H,25,28). The number of rotatable bonds is 8. The molecule has 176 valence electrons. The van der Waals surface area contributed by atoms with E-state index in [1.54, 1.807) is 54.6 Å². The summed E-state index contributed by atoms with van der Waals surface area (Å²) in [5, 5.41) is 13.4. The molecule has 11 heteroatoms. The first-order chi connectivity index (χ1) is 16.8. The fraction of sp³-hybridized carbons (Fsp3) is 0.0833. The van der Waals surface area contributed by atoms with E-state index in [2.05, 4.69) is 5.32 Å². The van der Waals surface area contributed by atoms with Gasteiger partial charge in [0.2, 0.25) is 0 Å². The van der Waals surface area contributed by atoms with Crippen molar-refractivity contribution in [2.45, 2.75) is 6.54 Å². The van der Waals surface area contributed by atoms with Gasteiger partial charge in [0.05, 0.1) is 22.2 Å². The van der Waals surface area contributed by atoms with Gasteiger partial charge in [0.25, 0.3) is 11.6 Å².